The van der Waals surface area contributed by atoms with E-state index in [1.165, 1.54) is 71.3 Å². The third kappa shape index (κ3) is 5.93. The zero-order chi connectivity index (χ0) is 36.6. The average molecular weight is 700 g/mol. The van der Waals surface area contributed by atoms with Gasteiger partial charge in [-0.1, -0.05) is 194 Å². The monoisotopic (exact) mass is 699 g/mol. The van der Waals surface area contributed by atoms with Crippen molar-refractivity contribution in [2.45, 2.75) is 0 Å². The second-order valence-electron chi connectivity index (χ2n) is 14.1. The van der Waals surface area contributed by atoms with Gasteiger partial charge in [0, 0.05) is 16.6 Å². The maximum absolute atomic E-state index is 2.47. The fourth-order valence-electron chi connectivity index (χ4n) is 8.24. The van der Waals surface area contributed by atoms with E-state index in [0.29, 0.717) is 0 Å². The number of rotatable bonds is 7. The summed E-state index contributed by atoms with van der Waals surface area (Å²) in [6.45, 7) is 0. The molecule has 0 aliphatic carbocycles. The van der Waals surface area contributed by atoms with E-state index in [1.807, 2.05) is 0 Å². The molecule has 1 nitrogen and oxygen atoms in total. The van der Waals surface area contributed by atoms with Crippen LogP contribution in [0.4, 0.5) is 17.1 Å². The Morgan fingerprint density at radius 1 is 0.236 bits per heavy atom. The average Bonchev–Trinajstić information content (AvgIpc) is 3.27. The molecule has 10 aromatic rings. The Bertz CT molecular complexity index is 2960. The minimum atomic E-state index is 1.10. The van der Waals surface area contributed by atoms with Crippen LogP contribution >= 0.6 is 0 Å². The van der Waals surface area contributed by atoms with Gasteiger partial charge in [0.15, 0.2) is 0 Å². The maximum atomic E-state index is 2.47. The van der Waals surface area contributed by atoms with E-state index in [0.717, 1.165) is 22.6 Å². The van der Waals surface area contributed by atoms with E-state index in [2.05, 4.69) is 229 Å². The first-order chi connectivity index (χ1) is 27.3. The maximum Gasteiger partial charge on any atom is 0.0546 e. The fourth-order valence-corrected chi connectivity index (χ4v) is 8.24. The van der Waals surface area contributed by atoms with Crippen molar-refractivity contribution < 1.29 is 0 Å². The van der Waals surface area contributed by atoms with Gasteiger partial charge in [0.25, 0.3) is 0 Å². The van der Waals surface area contributed by atoms with E-state index in [9.17, 15) is 0 Å². The number of hydrogen-bond acceptors (Lipinski definition) is 1. The minimum absolute atomic E-state index is 1.10. The van der Waals surface area contributed by atoms with Crippen LogP contribution in [-0.4, -0.2) is 0 Å². The van der Waals surface area contributed by atoms with Crippen molar-refractivity contribution in [2.75, 3.05) is 4.90 Å². The summed E-state index contributed by atoms with van der Waals surface area (Å²) in [7, 11) is 0. The van der Waals surface area contributed by atoms with E-state index < -0.39 is 0 Å². The molecule has 1 heteroatoms. The first-order valence-electron chi connectivity index (χ1n) is 18.9. The lowest BCUT2D eigenvalue weighted by molar-refractivity contribution is 1.30. The molecule has 0 bridgehead atoms. The van der Waals surface area contributed by atoms with Crippen molar-refractivity contribution in [2.24, 2.45) is 0 Å². The number of fused-ring (bicyclic) bond motifs is 4. The highest BCUT2D eigenvalue weighted by Gasteiger charge is 2.22. The SMILES string of the molecule is c1ccc(-c2ccc(-c3ccccc3N(c3ccc(-c4cccc5ccccc45)cc3)c3cc4ccccc4c4ccccc34)c(-c3ccccc3)c2)cc1. The van der Waals surface area contributed by atoms with Gasteiger partial charge in [-0.3, -0.25) is 0 Å². The van der Waals surface area contributed by atoms with Gasteiger partial charge in [0.2, 0.25) is 0 Å². The molecule has 10 rings (SSSR count). The quantitative estimate of drug-likeness (QED) is 0.150. The lowest BCUT2D eigenvalue weighted by atomic mass is 9.89. The summed E-state index contributed by atoms with van der Waals surface area (Å²) in [5, 5.41) is 7.41. The van der Waals surface area contributed by atoms with Gasteiger partial charge < -0.3 is 4.90 Å². The van der Waals surface area contributed by atoms with Crippen molar-refractivity contribution in [3.63, 3.8) is 0 Å². The number of hydrogen-bond donors (Lipinski definition) is 0. The lowest BCUT2D eigenvalue weighted by Gasteiger charge is -2.30. The summed E-state index contributed by atoms with van der Waals surface area (Å²) in [5.41, 5.74) is 12.9. The van der Waals surface area contributed by atoms with E-state index in [1.54, 1.807) is 0 Å². The van der Waals surface area contributed by atoms with Crippen LogP contribution in [0.25, 0.3) is 76.8 Å². The molecule has 0 amide bonds. The van der Waals surface area contributed by atoms with Crippen molar-refractivity contribution in [3.8, 4) is 44.5 Å². The predicted molar refractivity (Wildman–Crippen MR) is 235 cm³/mol. The van der Waals surface area contributed by atoms with Gasteiger partial charge in [-0.05, 0) is 96.2 Å². The molecule has 0 aliphatic heterocycles. The van der Waals surface area contributed by atoms with Crippen LogP contribution in [0.5, 0.6) is 0 Å². The molecule has 0 unspecified atom stereocenters. The number of nitrogens with zero attached hydrogens (tertiary/aromatic N) is 1. The molecule has 0 N–H and O–H groups in total. The standard InChI is InChI=1S/C54H37N/c1-3-16-38(17-4-1)42-32-35-49(52(36-42)40-18-5-2-6-19-40)50-26-13-14-29-53(50)55(54-37-43-21-8-10-24-47(43)48-25-11-12-27-51(48)54)44-33-30-41(31-34-44)46-28-15-22-39-20-7-9-23-45(39)46/h1-37H. The molecule has 0 saturated heterocycles. The zero-order valence-electron chi connectivity index (χ0n) is 30.3. The van der Waals surface area contributed by atoms with Crippen molar-refractivity contribution in [1.82, 2.24) is 0 Å². The summed E-state index contributed by atoms with van der Waals surface area (Å²) >= 11 is 0. The van der Waals surface area contributed by atoms with Crippen LogP contribution in [0, 0.1) is 0 Å². The highest BCUT2D eigenvalue weighted by molar-refractivity contribution is 6.15. The van der Waals surface area contributed by atoms with E-state index >= 15 is 0 Å². The van der Waals surface area contributed by atoms with Crippen molar-refractivity contribution in [3.05, 3.63) is 224 Å². The Hall–Kier alpha value is -7.22. The third-order valence-electron chi connectivity index (χ3n) is 10.9. The molecular formula is C54H37N. The Kier molecular flexibility index (Phi) is 8.24. The molecule has 0 fully saturated rings. The summed E-state index contributed by atoms with van der Waals surface area (Å²) in [4.78, 5) is 2.47. The van der Waals surface area contributed by atoms with Crippen LogP contribution in [0.2, 0.25) is 0 Å². The second kappa shape index (κ2) is 14.0. The fraction of sp³-hybridized carbons (Fsp3) is 0. The topological polar surface area (TPSA) is 3.24 Å². The molecule has 0 saturated carbocycles. The highest BCUT2D eigenvalue weighted by Crippen LogP contribution is 2.47. The normalized spacial score (nSPS) is 11.3. The molecule has 258 valence electrons. The molecule has 55 heavy (non-hydrogen) atoms. The Morgan fingerprint density at radius 2 is 0.782 bits per heavy atom. The molecule has 0 spiro atoms. The van der Waals surface area contributed by atoms with E-state index in [-0.39, 0.29) is 0 Å². The number of para-hydroxylation sites is 1. The first-order valence-corrected chi connectivity index (χ1v) is 18.9. The Morgan fingerprint density at radius 3 is 1.56 bits per heavy atom. The van der Waals surface area contributed by atoms with Gasteiger partial charge in [-0.25, -0.2) is 0 Å². The second-order valence-corrected chi connectivity index (χ2v) is 14.1. The van der Waals surface area contributed by atoms with Crippen LogP contribution in [0.15, 0.2) is 224 Å². The van der Waals surface area contributed by atoms with Gasteiger partial charge in [-0.15, -0.1) is 0 Å². The molecular weight excluding hydrogens is 663 g/mol. The Balaban J connectivity index is 1.22. The summed E-state index contributed by atoms with van der Waals surface area (Å²) in [5.74, 6) is 0. The smallest absolute Gasteiger partial charge is 0.0546 e. The zero-order valence-corrected chi connectivity index (χ0v) is 30.3. The van der Waals surface area contributed by atoms with Gasteiger partial charge in [-0.2, -0.15) is 0 Å². The van der Waals surface area contributed by atoms with Crippen LogP contribution in [0.1, 0.15) is 0 Å². The van der Waals surface area contributed by atoms with Gasteiger partial charge in [0.1, 0.15) is 0 Å². The van der Waals surface area contributed by atoms with Crippen LogP contribution < -0.4 is 4.90 Å². The molecule has 0 aromatic heterocycles. The summed E-state index contributed by atoms with van der Waals surface area (Å²) in [6, 6.07) is 81.5. The Labute approximate surface area is 322 Å². The molecule has 0 atom stereocenters. The third-order valence-corrected chi connectivity index (χ3v) is 10.9. The number of benzene rings is 10. The predicted octanol–water partition coefficient (Wildman–Crippen LogP) is 15.3. The van der Waals surface area contributed by atoms with Gasteiger partial charge >= 0.3 is 0 Å². The summed E-state index contributed by atoms with van der Waals surface area (Å²) in [6.07, 6.45) is 0. The largest absolute Gasteiger partial charge is 0.309 e. The molecule has 0 aliphatic rings. The van der Waals surface area contributed by atoms with Crippen LogP contribution in [-0.2, 0) is 0 Å². The highest BCUT2D eigenvalue weighted by atomic mass is 15.1. The van der Waals surface area contributed by atoms with Crippen LogP contribution in [0.3, 0.4) is 0 Å². The lowest BCUT2D eigenvalue weighted by Crippen LogP contribution is -2.12. The molecule has 10 aromatic carbocycles. The van der Waals surface area contributed by atoms with Crippen molar-refractivity contribution >= 4 is 49.4 Å². The minimum Gasteiger partial charge on any atom is -0.309 e. The van der Waals surface area contributed by atoms with Gasteiger partial charge in [0.05, 0.1) is 11.4 Å². The van der Waals surface area contributed by atoms with Crippen molar-refractivity contribution in [1.29, 1.82) is 0 Å². The first kappa shape index (κ1) is 32.4. The summed E-state index contributed by atoms with van der Waals surface area (Å²) < 4.78 is 0. The number of anilines is 3. The molecule has 0 radical (unpaired) electrons. The van der Waals surface area contributed by atoms with E-state index in [4.69, 9.17) is 0 Å². The molecule has 0 heterocycles.